The van der Waals surface area contributed by atoms with E-state index in [4.69, 9.17) is 14.2 Å². The third kappa shape index (κ3) is 8.70. The molecule has 2 fully saturated rings. The Balaban J connectivity index is 1.76. The van der Waals surface area contributed by atoms with E-state index in [-0.39, 0.29) is 42.4 Å². The van der Waals surface area contributed by atoms with Crippen LogP contribution in [0.15, 0.2) is 36.4 Å². The summed E-state index contributed by atoms with van der Waals surface area (Å²) in [4.78, 5) is 55.2. The van der Waals surface area contributed by atoms with Crippen molar-refractivity contribution in [1.29, 1.82) is 0 Å². The van der Waals surface area contributed by atoms with E-state index in [1.807, 2.05) is 0 Å². The van der Waals surface area contributed by atoms with Crippen molar-refractivity contribution in [2.45, 2.75) is 83.7 Å². The van der Waals surface area contributed by atoms with Gasteiger partial charge in [-0.15, -0.1) is 0 Å². The lowest BCUT2D eigenvalue weighted by Crippen LogP contribution is -2.60. The van der Waals surface area contributed by atoms with Crippen LogP contribution in [0.1, 0.15) is 81.8 Å². The van der Waals surface area contributed by atoms with Crippen LogP contribution in [-0.4, -0.2) is 77.9 Å². The fraction of sp³-hybridized carbons (Fsp3) is 0.515. The predicted molar refractivity (Wildman–Crippen MR) is 163 cm³/mol. The molecule has 1 N–H and O–H groups in total. The fourth-order valence-corrected chi connectivity index (χ4v) is 5.07. The van der Waals surface area contributed by atoms with Crippen LogP contribution < -0.4 is 5.32 Å². The van der Waals surface area contributed by atoms with Crippen molar-refractivity contribution in [3.8, 4) is 11.1 Å². The van der Waals surface area contributed by atoms with Gasteiger partial charge in [0.25, 0.3) is 5.91 Å². The molecule has 1 heterocycles. The Morgan fingerprint density at radius 2 is 1.50 bits per heavy atom. The van der Waals surface area contributed by atoms with Gasteiger partial charge in [0.05, 0.1) is 30.5 Å². The molecule has 10 nitrogen and oxygen atoms in total. The summed E-state index contributed by atoms with van der Waals surface area (Å²) < 4.78 is 57.4. The predicted octanol–water partition coefficient (Wildman–Crippen LogP) is 6.83. The lowest BCUT2D eigenvalue weighted by atomic mass is 9.95. The third-order valence-electron chi connectivity index (χ3n) is 7.32. The SMILES string of the molecule is COC(=O)[C@@H]1CN(C(=O)OC(C)(C)C)CCN1C(=O)c1cc(-c2cc(C3CC3)cc(C(F)(F)F)c2)ccc1NC(=O)OC(C)(C)C. The van der Waals surface area contributed by atoms with E-state index in [1.165, 1.54) is 28.0 Å². The summed E-state index contributed by atoms with van der Waals surface area (Å²) in [5.41, 5.74) is -1.43. The van der Waals surface area contributed by atoms with E-state index in [1.54, 1.807) is 47.6 Å². The van der Waals surface area contributed by atoms with Crippen LogP contribution in [0.2, 0.25) is 0 Å². The van der Waals surface area contributed by atoms with Crippen molar-refractivity contribution >= 4 is 29.8 Å². The number of carbonyl (C=O) groups is 4. The normalized spacial score (nSPS) is 17.3. The van der Waals surface area contributed by atoms with Crippen LogP contribution in [0.25, 0.3) is 11.1 Å². The molecule has 0 unspecified atom stereocenters. The van der Waals surface area contributed by atoms with Crippen LogP contribution in [0.3, 0.4) is 0 Å². The molecule has 1 saturated heterocycles. The molecule has 0 aromatic heterocycles. The number of amides is 3. The average molecular weight is 648 g/mol. The summed E-state index contributed by atoms with van der Waals surface area (Å²) in [7, 11) is 1.15. The van der Waals surface area contributed by atoms with Gasteiger partial charge in [0.1, 0.15) is 17.2 Å². The molecule has 1 aliphatic carbocycles. The number of halogens is 3. The molecule has 1 atom stereocenters. The second kappa shape index (κ2) is 12.8. The van der Waals surface area contributed by atoms with Crippen molar-refractivity contribution in [3.63, 3.8) is 0 Å². The van der Waals surface area contributed by atoms with Crippen molar-refractivity contribution in [2.24, 2.45) is 0 Å². The smallest absolute Gasteiger partial charge is 0.416 e. The molecule has 250 valence electrons. The first-order valence-electron chi connectivity index (χ1n) is 15.0. The Morgan fingerprint density at radius 3 is 2.07 bits per heavy atom. The Bertz CT molecular complexity index is 1510. The highest BCUT2D eigenvalue weighted by molar-refractivity contribution is 6.05. The van der Waals surface area contributed by atoms with Gasteiger partial charge >= 0.3 is 24.3 Å². The molecule has 3 amide bonds. The standard InChI is InChI=1S/C33H40F3N3O7/c1-31(2,3)45-29(42)37-25-11-10-20(22-14-21(19-8-9-19)15-23(16-22)33(34,35)36)17-24(25)27(40)39-13-12-38(18-26(39)28(41)44-7)30(43)46-32(4,5)6/h10-11,14-17,19,26H,8-9,12-13,18H2,1-7H3,(H,37,42)/t26-/m0/s1. The summed E-state index contributed by atoms with van der Waals surface area (Å²) >= 11 is 0. The lowest BCUT2D eigenvalue weighted by molar-refractivity contribution is -0.148. The maximum absolute atomic E-state index is 14.2. The Hall–Kier alpha value is -4.29. The maximum atomic E-state index is 14.2. The largest absolute Gasteiger partial charge is 0.467 e. The molecule has 2 aromatic carbocycles. The molecule has 1 aliphatic heterocycles. The molecule has 0 bridgehead atoms. The van der Waals surface area contributed by atoms with Crippen LogP contribution >= 0.6 is 0 Å². The second-order valence-corrected chi connectivity index (χ2v) is 13.5. The minimum Gasteiger partial charge on any atom is -0.467 e. The van der Waals surface area contributed by atoms with Crippen molar-refractivity contribution in [1.82, 2.24) is 9.80 Å². The van der Waals surface area contributed by atoms with Gasteiger partial charge in [-0.05, 0) is 101 Å². The summed E-state index contributed by atoms with van der Waals surface area (Å²) in [5, 5.41) is 2.56. The van der Waals surface area contributed by atoms with E-state index in [0.717, 1.165) is 32.1 Å². The topological polar surface area (TPSA) is 114 Å². The Kier molecular flexibility index (Phi) is 9.65. The molecule has 2 aliphatic rings. The number of esters is 1. The monoisotopic (exact) mass is 647 g/mol. The molecular weight excluding hydrogens is 607 g/mol. The van der Waals surface area contributed by atoms with Crippen molar-refractivity contribution in [3.05, 3.63) is 53.1 Å². The number of anilines is 1. The zero-order valence-electron chi connectivity index (χ0n) is 27.0. The van der Waals surface area contributed by atoms with E-state index in [9.17, 15) is 32.3 Å². The summed E-state index contributed by atoms with van der Waals surface area (Å²) in [6.07, 6.45) is -4.54. The molecule has 0 radical (unpaired) electrons. The molecular formula is C33H40F3N3O7. The molecule has 0 spiro atoms. The number of nitrogens with zero attached hydrogens (tertiary/aromatic N) is 2. The van der Waals surface area contributed by atoms with E-state index < -0.39 is 53.0 Å². The number of rotatable bonds is 5. The molecule has 13 heteroatoms. The molecule has 2 aromatic rings. The van der Waals surface area contributed by atoms with Crippen LogP contribution in [0.5, 0.6) is 0 Å². The van der Waals surface area contributed by atoms with Crippen LogP contribution in [0.4, 0.5) is 28.4 Å². The summed E-state index contributed by atoms with van der Waals surface area (Å²) in [6, 6.07) is 6.92. The van der Waals surface area contributed by atoms with Gasteiger partial charge in [-0.3, -0.25) is 10.1 Å². The van der Waals surface area contributed by atoms with Gasteiger partial charge in [0.2, 0.25) is 0 Å². The molecule has 1 saturated carbocycles. The first kappa shape index (κ1) is 34.6. The molecule has 46 heavy (non-hydrogen) atoms. The van der Waals surface area contributed by atoms with E-state index in [0.29, 0.717) is 11.1 Å². The Labute approximate surface area is 266 Å². The lowest BCUT2D eigenvalue weighted by Gasteiger charge is -2.40. The minimum absolute atomic E-state index is 0.0237. The third-order valence-corrected chi connectivity index (χ3v) is 7.32. The zero-order valence-corrected chi connectivity index (χ0v) is 27.0. The number of alkyl halides is 3. The average Bonchev–Trinajstić information content (AvgIpc) is 3.79. The Morgan fingerprint density at radius 1 is 0.848 bits per heavy atom. The second-order valence-electron chi connectivity index (χ2n) is 13.5. The number of nitrogens with one attached hydrogen (secondary N) is 1. The number of benzene rings is 2. The highest BCUT2D eigenvalue weighted by atomic mass is 19.4. The first-order valence-corrected chi connectivity index (χ1v) is 15.0. The van der Waals surface area contributed by atoms with Gasteiger partial charge < -0.3 is 24.0 Å². The van der Waals surface area contributed by atoms with E-state index >= 15 is 0 Å². The highest BCUT2D eigenvalue weighted by Gasteiger charge is 2.40. The molecule has 4 rings (SSSR count). The van der Waals surface area contributed by atoms with Crippen molar-refractivity contribution < 1.29 is 46.6 Å². The zero-order chi connectivity index (χ0) is 34.2. The van der Waals surface area contributed by atoms with Gasteiger partial charge in [0, 0.05) is 13.1 Å². The number of carbonyl (C=O) groups excluding carboxylic acids is 4. The van der Waals surface area contributed by atoms with Gasteiger partial charge in [-0.25, -0.2) is 14.4 Å². The quantitative estimate of drug-likeness (QED) is 0.280. The summed E-state index contributed by atoms with van der Waals surface area (Å²) in [5.74, 6) is -1.47. The van der Waals surface area contributed by atoms with Crippen LogP contribution in [0, 0.1) is 0 Å². The number of hydrogen-bond acceptors (Lipinski definition) is 7. The van der Waals surface area contributed by atoms with E-state index in [2.05, 4.69) is 5.32 Å². The minimum atomic E-state index is -4.59. The van der Waals surface area contributed by atoms with Crippen molar-refractivity contribution in [2.75, 3.05) is 32.1 Å². The number of ether oxygens (including phenoxy) is 3. The van der Waals surface area contributed by atoms with Gasteiger partial charge in [-0.2, -0.15) is 13.2 Å². The highest BCUT2D eigenvalue weighted by Crippen LogP contribution is 2.44. The number of hydrogen-bond donors (Lipinski definition) is 1. The maximum Gasteiger partial charge on any atom is 0.416 e. The van der Waals surface area contributed by atoms with Gasteiger partial charge in [0.15, 0.2) is 0 Å². The van der Waals surface area contributed by atoms with Crippen LogP contribution in [-0.2, 0) is 25.2 Å². The van der Waals surface area contributed by atoms with Gasteiger partial charge in [-0.1, -0.05) is 12.1 Å². The fourth-order valence-electron chi connectivity index (χ4n) is 5.07. The first-order chi connectivity index (χ1) is 21.3. The number of piperazine rings is 1. The number of methoxy groups -OCH3 is 1. The summed E-state index contributed by atoms with van der Waals surface area (Å²) in [6.45, 7) is 9.81.